The highest BCUT2D eigenvalue weighted by Gasteiger charge is 2.31. The Morgan fingerprint density at radius 1 is 1.16 bits per heavy atom. The molecule has 4 nitrogen and oxygen atoms in total. The van der Waals surface area contributed by atoms with Gasteiger partial charge in [0.15, 0.2) is 11.5 Å². The second-order valence-corrected chi connectivity index (χ2v) is 7.44. The summed E-state index contributed by atoms with van der Waals surface area (Å²) in [6.45, 7) is 5.40. The molecule has 0 saturated heterocycles. The molecule has 1 aliphatic heterocycles. The molecule has 4 rings (SSSR count). The zero-order valence-corrected chi connectivity index (χ0v) is 14.8. The number of anilines is 1. The summed E-state index contributed by atoms with van der Waals surface area (Å²) < 4.78 is 26.1. The Morgan fingerprint density at radius 2 is 1.92 bits per heavy atom. The van der Waals surface area contributed by atoms with Crippen molar-refractivity contribution in [3.8, 4) is 11.5 Å². The number of nitrogens with one attached hydrogen (secondary N) is 1. The van der Waals surface area contributed by atoms with Crippen molar-refractivity contribution >= 4 is 33.0 Å². The highest BCUT2D eigenvalue weighted by molar-refractivity contribution is 7.21. The average molecular weight is 357 g/mol. The van der Waals surface area contributed by atoms with Gasteiger partial charge in [-0.1, -0.05) is 6.07 Å². The van der Waals surface area contributed by atoms with Gasteiger partial charge >= 0.3 is 0 Å². The largest absolute Gasteiger partial charge is 0.449 e. The fraction of sp³-hybridized carbons (Fsp3) is 0.211. The summed E-state index contributed by atoms with van der Waals surface area (Å²) in [7, 11) is 0. The molecule has 1 aromatic heterocycles. The second kappa shape index (κ2) is 5.46. The highest BCUT2D eigenvalue weighted by atomic mass is 32.1. The second-order valence-electron chi connectivity index (χ2n) is 6.39. The van der Waals surface area contributed by atoms with Gasteiger partial charge in [0.25, 0.3) is 5.91 Å². The van der Waals surface area contributed by atoms with Gasteiger partial charge in [-0.2, -0.15) is 0 Å². The molecular formula is C19H16FNO3S. The van der Waals surface area contributed by atoms with Crippen molar-refractivity contribution in [2.24, 2.45) is 0 Å². The number of aryl methyl sites for hydroxylation is 1. The van der Waals surface area contributed by atoms with Gasteiger partial charge < -0.3 is 14.8 Å². The molecule has 0 unspecified atom stereocenters. The molecule has 6 heteroatoms. The maximum atomic E-state index is 14.0. The molecule has 0 atom stereocenters. The van der Waals surface area contributed by atoms with Crippen molar-refractivity contribution in [1.29, 1.82) is 0 Å². The fourth-order valence-electron chi connectivity index (χ4n) is 2.96. The summed E-state index contributed by atoms with van der Waals surface area (Å²) in [5.41, 5.74) is 1.25. The molecule has 3 aromatic rings. The Kier molecular flexibility index (Phi) is 3.47. The van der Waals surface area contributed by atoms with Gasteiger partial charge in [0.1, 0.15) is 5.82 Å². The Morgan fingerprint density at radius 3 is 2.68 bits per heavy atom. The number of carbonyl (C=O) groups is 1. The van der Waals surface area contributed by atoms with Crippen LogP contribution in [-0.2, 0) is 0 Å². The number of thiophene rings is 1. The quantitative estimate of drug-likeness (QED) is 0.693. The molecule has 1 amide bonds. The van der Waals surface area contributed by atoms with Crippen LogP contribution in [-0.4, -0.2) is 11.7 Å². The smallest absolute Gasteiger partial charge is 0.266 e. The van der Waals surface area contributed by atoms with Crippen LogP contribution in [0.15, 0.2) is 36.4 Å². The molecule has 0 aliphatic carbocycles. The van der Waals surface area contributed by atoms with E-state index in [0.29, 0.717) is 33.0 Å². The van der Waals surface area contributed by atoms with Crippen LogP contribution >= 0.6 is 11.3 Å². The Balaban J connectivity index is 1.64. The first kappa shape index (κ1) is 15.9. The third kappa shape index (κ3) is 2.72. The lowest BCUT2D eigenvalue weighted by Crippen LogP contribution is -2.29. The number of benzene rings is 2. The number of hydrogen-bond acceptors (Lipinski definition) is 4. The molecule has 128 valence electrons. The molecule has 1 N–H and O–H groups in total. The molecule has 1 aliphatic rings. The van der Waals surface area contributed by atoms with Crippen LogP contribution in [0.25, 0.3) is 10.1 Å². The zero-order chi connectivity index (χ0) is 17.8. The van der Waals surface area contributed by atoms with Crippen molar-refractivity contribution in [1.82, 2.24) is 0 Å². The maximum Gasteiger partial charge on any atom is 0.266 e. The van der Waals surface area contributed by atoms with E-state index in [4.69, 9.17) is 9.47 Å². The number of carbonyl (C=O) groups excluding carboxylic acids is 1. The zero-order valence-electron chi connectivity index (χ0n) is 14.0. The van der Waals surface area contributed by atoms with Gasteiger partial charge in [-0.05, 0) is 36.8 Å². The van der Waals surface area contributed by atoms with Crippen molar-refractivity contribution in [2.75, 3.05) is 5.32 Å². The van der Waals surface area contributed by atoms with Crippen LogP contribution in [0, 0.1) is 12.7 Å². The lowest BCUT2D eigenvalue weighted by atomic mass is 10.1. The lowest BCUT2D eigenvalue weighted by molar-refractivity contribution is -0.0431. The standard InChI is InChI=1S/C19H16FNO3S/c1-10-16-12(20)5-4-6-15(16)25-17(10)18(22)21-11-7-8-13-14(9-11)24-19(2,3)23-13/h4-9H,1-3H3,(H,21,22). The maximum absolute atomic E-state index is 14.0. The Bertz CT molecular complexity index is 1010. The van der Waals surface area contributed by atoms with Gasteiger partial charge in [0.05, 0.1) is 4.88 Å². The number of amides is 1. The summed E-state index contributed by atoms with van der Waals surface area (Å²) in [5.74, 6) is -0.0678. The first-order valence-electron chi connectivity index (χ1n) is 7.85. The average Bonchev–Trinajstić information content (AvgIpc) is 3.03. The molecule has 0 saturated carbocycles. The number of halogens is 1. The number of ether oxygens (including phenoxy) is 2. The third-order valence-electron chi connectivity index (χ3n) is 4.02. The minimum Gasteiger partial charge on any atom is -0.449 e. The minimum atomic E-state index is -0.718. The van der Waals surface area contributed by atoms with Crippen LogP contribution in [0.2, 0.25) is 0 Å². The van der Waals surface area contributed by atoms with Gasteiger partial charge in [0, 0.05) is 35.7 Å². The number of rotatable bonds is 2. The number of hydrogen-bond donors (Lipinski definition) is 1. The predicted octanol–water partition coefficient (Wildman–Crippen LogP) is 5.11. The van der Waals surface area contributed by atoms with E-state index >= 15 is 0 Å². The van der Waals surface area contributed by atoms with Crippen LogP contribution in [0.4, 0.5) is 10.1 Å². The first-order valence-corrected chi connectivity index (χ1v) is 8.67. The molecule has 25 heavy (non-hydrogen) atoms. The fourth-order valence-corrected chi connectivity index (χ4v) is 4.08. The van der Waals surface area contributed by atoms with Crippen molar-refractivity contribution in [3.05, 3.63) is 52.7 Å². The van der Waals surface area contributed by atoms with Crippen LogP contribution in [0.3, 0.4) is 0 Å². The monoisotopic (exact) mass is 357 g/mol. The lowest BCUT2D eigenvalue weighted by Gasteiger charge is -2.16. The normalized spacial score (nSPS) is 14.7. The Hall–Kier alpha value is -2.60. The van der Waals surface area contributed by atoms with E-state index in [2.05, 4.69) is 5.32 Å². The molecule has 2 aromatic carbocycles. The predicted molar refractivity (Wildman–Crippen MR) is 96.3 cm³/mol. The van der Waals surface area contributed by atoms with E-state index in [-0.39, 0.29) is 11.7 Å². The SMILES string of the molecule is Cc1c(C(=O)Nc2ccc3c(c2)OC(C)(C)O3)sc2cccc(F)c12. The van der Waals surface area contributed by atoms with Gasteiger partial charge in [-0.25, -0.2) is 4.39 Å². The van der Waals surface area contributed by atoms with E-state index in [0.717, 1.165) is 4.70 Å². The van der Waals surface area contributed by atoms with E-state index in [1.54, 1.807) is 31.2 Å². The molecule has 0 radical (unpaired) electrons. The summed E-state index contributed by atoms with van der Waals surface area (Å²) >= 11 is 1.28. The van der Waals surface area contributed by atoms with E-state index in [9.17, 15) is 9.18 Å². The number of fused-ring (bicyclic) bond motifs is 2. The van der Waals surface area contributed by atoms with Gasteiger partial charge in [-0.3, -0.25) is 4.79 Å². The van der Waals surface area contributed by atoms with Crippen molar-refractivity contribution in [2.45, 2.75) is 26.6 Å². The summed E-state index contributed by atoms with van der Waals surface area (Å²) in [6.07, 6.45) is 0. The first-order chi connectivity index (χ1) is 11.8. The van der Waals surface area contributed by atoms with Crippen molar-refractivity contribution in [3.63, 3.8) is 0 Å². The van der Waals surface area contributed by atoms with Gasteiger partial charge in [0.2, 0.25) is 5.79 Å². The van der Waals surface area contributed by atoms with Crippen molar-refractivity contribution < 1.29 is 18.7 Å². The topological polar surface area (TPSA) is 47.6 Å². The highest BCUT2D eigenvalue weighted by Crippen LogP contribution is 2.41. The summed E-state index contributed by atoms with van der Waals surface area (Å²) in [5, 5.41) is 3.35. The minimum absolute atomic E-state index is 0.267. The molecule has 0 fully saturated rings. The van der Waals surface area contributed by atoms with E-state index < -0.39 is 5.79 Å². The van der Waals surface area contributed by atoms with Crippen LogP contribution < -0.4 is 14.8 Å². The van der Waals surface area contributed by atoms with Crippen LogP contribution in [0.1, 0.15) is 29.1 Å². The van der Waals surface area contributed by atoms with Gasteiger partial charge in [-0.15, -0.1) is 11.3 Å². The summed E-state index contributed by atoms with van der Waals surface area (Å²) in [4.78, 5) is 13.1. The van der Waals surface area contributed by atoms with E-state index in [1.807, 2.05) is 19.9 Å². The van der Waals surface area contributed by atoms with Crippen LogP contribution in [0.5, 0.6) is 11.5 Å². The van der Waals surface area contributed by atoms with E-state index in [1.165, 1.54) is 17.4 Å². The molecule has 0 spiro atoms. The summed E-state index contributed by atoms with van der Waals surface area (Å²) in [6, 6.07) is 10.1. The molecular weight excluding hydrogens is 341 g/mol. The third-order valence-corrected chi connectivity index (χ3v) is 5.28. The molecule has 2 heterocycles. The Labute approximate surface area is 148 Å². The molecule has 0 bridgehead atoms.